The Hall–Kier alpha value is -2.44. The Bertz CT molecular complexity index is 596. The summed E-state index contributed by atoms with van der Waals surface area (Å²) in [5.74, 6) is 0.521. The fourth-order valence-electron chi connectivity index (χ4n) is 1.69. The maximum atomic E-state index is 13.3. The van der Waals surface area contributed by atoms with Crippen molar-refractivity contribution in [1.29, 1.82) is 0 Å². The summed E-state index contributed by atoms with van der Waals surface area (Å²) >= 11 is 0. The van der Waals surface area contributed by atoms with E-state index in [1.807, 2.05) is 13.8 Å². The van der Waals surface area contributed by atoms with Gasteiger partial charge in [0.2, 0.25) is 11.9 Å². The summed E-state index contributed by atoms with van der Waals surface area (Å²) in [7, 11) is 0. The molecule has 7 heteroatoms. The van der Waals surface area contributed by atoms with Crippen LogP contribution < -0.4 is 15.4 Å². The number of ether oxygens (including phenoxy) is 1. The van der Waals surface area contributed by atoms with Crippen molar-refractivity contribution in [3.63, 3.8) is 0 Å². The molecule has 0 aliphatic heterocycles. The standard InChI is InChI=1S/C14H18FN5O/c1-4-16-12-18-13(20-14(19-12)21-5-2)17-10-6-7-11(15)9(3)8-10/h6-8H,4-5H2,1-3H3,(H2,16,17,18,19,20). The number of aryl methyl sites for hydroxylation is 1. The summed E-state index contributed by atoms with van der Waals surface area (Å²) in [6.45, 7) is 6.65. The summed E-state index contributed by atoms with van der Waals surface area (Å²) in [5.41, 5.74) is 1.25. The van der Waals surface area contributed by atoms with Crippen LogP contribution in [0.2, 0.25) is 0 Å². The van der Waals surface area contributed by atoms with E-state index in [0.717, 1.165) is 0 Å². The molecular formula is C14H18FN5O. The fourth-order valence-corrected chi connectivity index (χ4v) is 1.69. The van der Waals surface area contributed by atoms with Gasteiger partial charge in [-0.15, -0.1) is 0 Å². The van der Waals surface area contributed by atoms with Crippen LogP contribution in [-0.2, 0) is 0 Å². The van der Waals surface area contributed by atoms with Crippen LogP contribution in [0.3, 0.4) is 0 Å². The van der Waals surface area contributed by atoms with Gasteiger partial charge in [-0.05, 0) is 44.5 Å². The number of nitrogens with one attached hydrogen (secondary N) is 2. The number of nitrogens with zero attached hydrogens (tertiary/aromatic N) is 3. The average Bonchev–Trinajstić information content (AvgIpc) is 2.43. The van der Waals surface area contributed by atoms with Crippen molar-refractivity contribution >= 4 is 17.6 Å². The lowest BCUT2D eigenvalue weighted by molar-refractivity contribution is 0.312. The number of aromatic nitrogens is 3. The number of hydrogen-bond acceptors (Lipinski definition) is 6. The second-order valence-electron chi connectivity index (χ2n) is 4.32. The Morgan fingerprint density at radius 1 is 1.14 bits per heavy atom. The van der Waals surface area contributed by atoms with Gasteiger partial charge in [0.25, 0.3) is 0 Å². The number of rotatable bonds is 6. The van der Waals surface area contributed by atoms with Crippen LogP contribution in [0.5, 0.6) is 6.01 Å². The SMILES string of the molecule is CCNc1nc(Nc2ccc(F)c(C)c2)nc(OCC)n1. The van der Waals surface area contributed by atoms with Crippen LogP contribution >= 0.6 is 0 Å². The molecular weight excluding hydrogens is 273 g/mol. The van der Waals surface area contributed by atoms with E-state index in [1.54, 1.807) is 19.1 Å². The quantitative estimate of drug-likeness (QED) is 0.852. The summed E-state index contributed by atoms with van der Waals surface area (Å²) < 4.78 is 18.6. The Morgan fingerprint density at radius 3 is 2.57 bits per heavy atom. The van der Waals surface area contributed by atoms with Gasteiger partial charge >= 0.3 is 6.01 Å². The lowest BCUT2D eigenvalue weighted by Crippen LogP contribution is -2.09. The highest BCUT2D eigenvalue weighted by Crippen LogP contribution is 2.19. The van der Waals surface area contributed by atoms with Gasteiger partial charge in [-0.1, -0.05) is 0 Å². The molecule has 112 valence electrons. The number of hydrogen-bond donors (Lipinski definition) is 2. The Kier molecular flexibility index (Phi) is 4.86. The molecule has 2 aromatic rings. The van der Waals surface area contributed by atoms with E-state index in [9.17, 15) is 4.39 Å². The smallest absolute Gasteiger partial charge is 0.323 e. The molecule has 2 rings (SSSR count). The van der Waals surface area contributed by atoms with Crippen LogP contribution in [0.15, 0.2) is 18.2 Å². The molecule has 2 N–H and O–H groups in total. The minimum Gasteiger partial charge on any atom is -0.464 e. The fraction of sp³-hybridized carbons (Fsp3) is 0.357. The molecule has 0 saturated heterocycles. The van der Waals surface area contributed by atoms with E-state index in [0.29, 0.717) is 36.3 Å². The monoisotopic (exact) mass is 291 g/mol. The van der Waals surface area contributed by atoms with Gasteiger partial charge < -0.3 is 15.4 Å². The van der Waals surface area contributed by atoms with E-state index in [-0.39, 0.29) is 11.8 Å². The van der Waals surface area contributed by atoms with Crippen molar-refractivity contribution in [3.05, 3.63) is 29.6 Å². The molecule has 0 spiro atoms. The molecule has 0 unspecified atom stereocenters. The molecule has 0 fully saturated rings. The zero-order valence-corrected chi connectivity index (χ0v) is 12.3. The van der Waals surface area contributed by atoms with Crippen molar-refractivity contribution in [2.75, 3.05) is 23.8 Å². The first-order valence-electron chi connectivity index (χ1n) is 6.78. The third-order valence-corrected chi connectivity index (χ3v) is 2.64. The second-order valence-corrected chi connectivity index (χ2v) is 4.32. The van der Waals surface area contributed by atoms with E-state index in [4.69, 9.17) is 4.74 Å². The Morgan fingerprint density at radius 2 is 1.90 bits per heavy atom. The molecule has 0 saturated carbocycles. The highest BCUT2D eigenvalue weighted by Gasteiger charge is 2.08. The van der Waals surface area contributed by atoms with Gasteiger partial charge in [0, 0.05) is 12.2 Å². The first kappa shape index (κ1) is 15.0. The van der Waals surface area contributed by atoms with E-state index in [1.165, 1.54) is 6.07 Å². The van der Waals surface area contributed by atoms with Gasteiger partial charge in [0.05, 0.1) is 6.61 Å². The Labute approximate surface area is 122 Å². The normalized spacial score (nSPS) is 10.3. The number of halogens is 1. The summed E-state index contributed by atoms with van der Waals surface area (Å²) in [6.07, 6.45) is 0. The molecule has 1 heterocycles. The van der Waals surface area contributed by atoms with E-state index in [2.05, 4.69) is 25.6 Å². The predicted molar refractivity (Wildman–Crippen MR) is 79.6 cm³/mol. The van der Waals surface area contributed by atoms with Gasteiger partial charge in [-0.2, -0.15) is 15.0 Å². The van der Waals surface area contributed by atoms with Crippen molar-refractivity contribution in [2.24, 2.45) is 0 Å². The molecule has 6 nitrogen and oxygen atoms in total. The van der Waals surface area contributed by atoms with Gasteiger partial charge in [0.15, 0.2) is 0 Å². The summed E-state index contributed by atoms with van der Waals surface area (Å²) in [5, 5.41) is 6.03. The van der Waals surface area contributed by atoms with Crippen LogP contribution in [0.25, 0.3) is 0 Å². The van der Waals surface area contributed by atoms with Gasteiger partial charge in [-0.3, -0.25) is 0 Å². The first-order valence-corrected chi connectivity index (χ1v) is 6.78. The highest BCUT2D eigenvalue weighted by molar-refractivity contribution is 5.55. The lowest BCUT2D eigenvalue weighted by Gasteiger charge is -2.10. The molecule has 21 heavy (non-hydrogen) atoms. The van der Waals surface area contributed by atoms with Crippen LogP contribution in [0.4, 0.5) is 22.0 Å². The molecule has 1 aromatic carbocycles. The summed E-state index contributed by atoms with van der Waals surface area (Å²) in [6, 6.07) is 4.95. The first-order chi connectivity index (χ1) is 10.1. The van der Waals surface area contributed by atoms with E-state index < -0.39 is 0 Å². The van der Waals surface area contributed by atoms with Crippen LogP contribution in [0.1, 0.15) is 19.4 Å². The van der Waals surface area contributed by atoms with Crippen molar-refractivity contribution in [1.82, 2.24) is 15.0 Å². The van der Waals surface area contributed by atoms with Crippen LogP contribution in [0, 0.1) is 12.7 Å². The van der Waals surface area contributed by atoms with Gasteiger partial charge in [0.1, 0.15) is 5.82 Å². The molecule has 0 atom stereocenters. The Balaban J connectivity index is 2.26. The highest BCUT2D eigenvalue weighted by atomic mass is 19.1. The molecule has 0 radical (unpaired) electrons. The number of benzene rings is 1. The molecule has 0 aliphatic carbocycles. The largest absolute Gasteiger partial charge is 0.464 e. The van der Waals surface area contributed by atoms with Crippen LogP contribution in [-0.4, -0.2) is 28.1 Å². The molecule has 0 aliphatic rings. The average molecular weight is 291 g/mol. The minimum absolute atomic E-state index is 0.241. The van der Waals surface area contributed by atoms with Crippen molar-refractivity contribution < 1.29 is 9.13 Å². The zero-order valence-electron chi connectivity index (χ0n) is 12.3. The number of anilines is 3. The molecule has 0 amide bonds. The second kappa shape index (κ2) is 6.83. The lowest BCUT2D eigenvalue weighted by atomic mass is 10.2. The molecule has 1 aromatic heterocycles. The van der Waals surface area contributed by atoms with Crippen molar-refractivity contribution in [3.8, 4) is 6.01 Å². The zero-order chi connectivity index (χ0) is 15.2. The predicted octanol–water partition coefficient (Wildman–Crippen LogP) is 2.89. The maximum absolute atomic E-state index is 13.3. The van der Waals surface area contributed by atoms with Gasteiger partial charge in [-0.25, -0.2) is 4.39 Å². The van der Waals surface area contributed by atoms with Crippen molar-refractivity contribution in [2.45, 2.75) is 20.8 Å². The third kappa shape index (κ3) is 4.01. The topological polar surface area (TPSA) is 72.0 Å². The third-order valence-electron chi connectivity index (χ3n) is 2.64. The maximum Gasteiger partial charge on any atom is 0.323 e. The molecule has 0 bridgehead atoms. The summed E-state index contributed by atoms with van der Waals surface area (Å²) in [4.78, 5) is 12.5. The van der Waals surface area contributed by atoms with E-state index >= 15 is 0 Å². The minimum atomic E-state index is -0.250.